The molecule has 1 aliphatic rings. The molecule has 2 rings (SSSR count). The summed E-state index contributed by atoms with van der Waals surface area (Å²) in [5.41, 5.74) is 1.45. The van der Waals surface area contributed by atoms with Crippen LogP contribution in [-0.2, 0) is 11.3 Å². The molecule has 5 nitrogen and oxygen atoms in total. The van der Waals surface area contributed by atoms with Crippen molar-refractivity contribution in [3.63, 3.8) is 0 Å². The minimum absolute atomic E-state index is 0.0169. The molecule has 2 atom stereocenters. The van der Waals surface area contributed by atoms with E-state index < -0.39 is 6.10 Å². The smallest absolute Gasteiger partial charge is 0.240 e. The summed E-state index contributed by atoms with van der Waals surface area (Å²) < 4.78 is 0. The van der Waals surface area contributed by atoms with Crippen molar-refractivity contribution in [2.45, 2.75) is 32.0 Å². The summed E-state index contributed by atoms with van der Waals surface area (Å²) in [7, 11) is 0. The van der Waals surface area contributed by atoms with Crippen LogP contribution >= 0.6 is 0 Å². The van der Waals surface area contributed by atoms with E-state index in [0.717, 1.165) is 5.56 Å². The lowest BCUT2D eigenvalue weighted by atomic mass is 10.1. The van der Waals surface area contributed by atoms with Gasteiger partial charge in [0.1, 0.15) is 0 Å². The van der Waals surface area contributed by atoms with Crippen LogP contribution in [0.15, 0.2) is 24.3 Å². The largest absolute Gasteiger partial charge is 0.392 e. The number of likely N-dealkylation sites (N-methyl/N-ethyl adjacent to an activating group) is 1. The van der Waals surface area contributed by atoms with Crippen molar-refractivity contribution in [2.75, 3.05) is 13.1 Å². The number of nitrogens with zero attached hydrogens (tertiary/aromatic N) is 2. The van der Waals surface area contributed by atoms with E-state index in [4.69, 9.17) is 5.26 Å². The lowest BCUT2D eigenvalue weighted by Crippen LogP contribution is -2.43. The molecule has 20 heavy (non-hydrogen) atoms. The molecule has 1 heterocycles. The number of hydrogen-bond donors (Lipinski definition) is 2. The van der Waals surface area contributed by atoms with Crippen molar-refractivity contribution in [3.8, 4) is 6.07 Å². The summed E-state index contributed by atoms with van der Waals surface area (Å²) in [5.74, 6) is -0.0169. The first-order valence-electron chi connectivity index (χ1n) is 6.84. The lowest BCUT2D eigenvalue weighted by Gasteiger charge is -2.24. The number of amides is 1. The van der Waals surface area contributed by atoms with Gasteiger partial charge in [-0.1, -0.05) is 18.2 Å². The Morgan fingerprint density at radius 1 is 1.55 bits per heavy atom. The van der Waals surface area contributed by atoms with Gasteiger partial charge in [0.25, 0.3) is 0 Å². The second-order valence-corrected chi connectivity index (χ2v) is 4.97. The topological polar surface area (TPSA) is 76.4 Å². The quantitative estimate of drug-likeness (QED) is 0.843. The molecule has 1 aromatic rings. The molecule has 106 valence electrons. The van der Waals surface area contributed by atoms with E-state index >= 15 is 0 Å². The molecular weight excluding hydrogens is 254 g/mol. The van der Waals surface area contributed by atoms with E-state index in [-0.39, 0.29) is 11.9 Å². The SMILES string of the molecule is CCN(Cc1ccccc1C#N)C(=O)C1CC(O)CN1. The molecule has 1 aromatic carbocycles. The fraction of sp³-hybridized carbons (Fsp3) is 0.467. The van der Waals surface area contributed by atoms with Gasteiger partial charge in [0, 0.05) is 19.6 Å². The highest BCUT2D eigenvalue weighted by molar-refractivity contribution is 5.82. The zero-order chi connectivity index (χ0) is 14.5. The van der Waals surface area contributed by atoms with Crippen LogP contribution in [0.3, 0.4) is 0 Å². The lowest BCUT2D eigenvalue weighted by molar-refractivity contribution is -0.133. The maximum Gasteiger partial charge on any atom is 0.240 e. The highest BCUT2D eigenvalue weighted by atomic mass is 16.3. The Kier molecular flexibility index (Phi) is 4.72. The Morgan fingerprint density at radius 3 is 2.90 bits per heavy atom. The van der Waals surface area contributed by atoms with Crippen molar-refractivity contribution >= 4 is 5.91 Å². The first-order chi connectivity index (χ1) is 9.65. The number of benzene rings is 1. The monoisotopic (exact) mass is 273 g/mol. The fourth-order valence-corrected chi connectivity index (χ4v) is 2.44. The molecule has 5 heteroatoms. The predicted octanol–water partition coefficient (Wildman–Crippen LogP) is 0.630. The van der Waals surface area contributed by atoms with Crippen LogP contribution < -0.4 is 5.32 Å². The van der Waals surface area contributed by atoms with Crippen LogP contribution in [0.25, 0.3) is 0 Å². The van der Waals surface area contributed by atoms with Gasteiger partial charge in [-0.15, -0.1) is 0 Å². The van der Waals surface area contributed by atoms with Crippen LogP contribution in [0.2, 0.25) is 0 Å². The normalized spacial score (nSPS) is 21.4. The Balaban J connectivity index is 2.09. The maximum atomic E-state index is 12.4. The van der Waals surface area contributed by atoms with E-state index in [9.17, 15) is 9.90 Å². The summed E-state index contributed by atoms with van der Waals surface area (Å²) in [6.45, 7) is 3.38. The van der Waals surface area contributed by atoms with Gasteiger partial charge in [-0.25, -0.2) is 0 Å². The van der Waals surface area contributed by atoms with E-state index in [1.807, 2.05) is 25.1 Å². The van der Waals surface area contributed by atoms with Crippen molar-refractivity contribution in [1.29, 1.82) is 5.26 Å². The molecule has 2 unspecified atom stereocenters. The summed E-state index contributed by atoms with van der Waals surface area (Å²) in [5, 5.41) is 21.6. The van der Waals surface area contributed by atoms with Gasteiger partial charge in [-0.05, 0) is 25.0 Å². The third-order valence-corrected chi connectivity index (χ3v) is 3.60. The number of aliphatic hydroxyl groups excluding tert-OH is 1. The molecule has 0 bridgehead atoms. The zero-order valence-electron chi connectivity index (χ0n) is 11.5. The van der Waals surface area contributed by atoms with Crippen molar-refractivity contribution in [1.82, 2.24) is 10.2 Å². The minimum Gasteiger partial charge on any atom is -0.392 e. The molecule has 2 N–H and O–H groups in total. The average Bonchev–Trinajstić information content (AvgIpc) is 2.91. The molecule has 1 fully saturated rings. The molecule has 0 aromatic heterocycles. The third-order valence-electron chi connectivity index (χ3n) is 3.60. The number of nitriles is 1. The van der Waals surface area contributed by atoms with E-state index in [1.165, 1.54) is 0 Å². The molecule has 1 saturated heterocycles. The standard InChI is InChI=1S/C15H19N3O2/c1-2-18(15(20)14-7-13(19)9-17-14)10-12-6-4-3-5-11(12)8-16/h3-6,13-14,17,19H,2,7,9-10H2,1H3. The number of nitrogens with one attached hydrogen (secondary N) is 1. The van der Waals surface area contributed by atoms with Gasteiger partial charge in [0.15, 0.2) is 0 Å². The Bertz CT molecular complexity index is 524. The van der Waals surface area contributed by atoms with Crippen LogP contribution in [0, 0.1) is 11.3 Å². The Morgan fingerprint density at radius 2 is 2.30 bits per heavy atom. The van der Waals surface area contributed by atoms with E-state index in [1.54, 1.807) is 11.0 Å². The van der Waals surface area contributed by atoms with Crippen LogP contribution in [0.5, 0.6) is 0 Å². The van der Waals surface area contributed by atoms with Crippen LogP contribution in [-0.4, -0.2) is 41.1 Å². The van der Waals surface area contributed by atoms with Gasteiger partial charge >= 0.3 is 0 Å². The van der Waals surface area contributed by atoms with Crippen LogP contribution in [0.4, 0.5) is 0 Å². The van der Waals surface area contributed by atoms with Crippen molar-refractivity contribution < 1.29 is 9.90 Å². The van der Waals surface area contributed by atoms with Gasteiger partial charge in [-0.2, -0.15) is 5.26 Å². The first-order valence-corrected chi connectivity index (χ1v) is 6.84. The third kappa shape index (κ3) is 3.16. The Hall–Kier alpha value is -1.90. The molecular formula is C15H19N3O2. The van der Waals surface area contributed by atoms with Crippen LogP contribution in [0.1, 0.15) is 24.5 Å². The highest BCUT2D eigenvalue weighted by Crippen LogP contribution is 2.14. The fourth-order valence-electron chi connectivity index (χ4n) is 2.44. The number of β-amino-alcohol motifs (C(OH)–C–C–N with tert-alkyl or cyclic N) is 1. The summed E-state index contributed by atoms with van der Waals surface area (Å²) in [4.78, 5) is 14.1. The van der Waals surface area contributed by atoms with Crippen molar-refractivity contribution in [2.24, 2.45) is 0 Å². The number of rotatable bonds is 4. The summed E-state index contributed by atoms with van der Waals surface area (Å²) >= 11 is 0. The van der Waals surface area contributed by atoms with E-state index in [0.29, 0.717) is 31.6 Å². The first kappa shape index (κ1) is 14.5. The van der Waals surface area contributed by atoms with Gasteiger partial charge in [0.2, 0.25) is 5.91 Å². The predicted molar refractivity (Wildman–Crippen MR) is 74.7 cm³/mol. The molecule has 1 amide bonds. The molecule has 0 saturated carbocycles. The number of carbonyl (C=O) groups is 1. The molecule has 0 spiro atoms. The number of aliphatic hydroxyl groups is 1. The van der Waals surface area contributed by atoms with Crippen molar-refractivity contribution in [3.05, 3.63) is 35.4 Å². The molecule has 1 aliphatic heterocycles. The summed E-state index contributed by atoms with van der Waals surface area (Å²) in [6, 6.07) is 9.13. The van der Waals surface area contributed by atoms with Gasteiger partial charge < -0.3 is 15.3 Å². The van der Waals surface area contributed by atoms with Gasteiger partial charge in [0.05, 0.1) is 23.8 Å². The molecule has 0 aliphatic carbocycles. The average molecular weight is 273 g/mol. The minimum atomic E-state index is -0.450. The van der Waals surface area contributed by atoms with E-state index in [2.05, 4.69) is 11.4 Å². The summed E-state index contributed by atoms with van der Waals surface area (Å²) in [6.07, 6.45) is 0.00365. The number of hydrogen-bond acceptors (Lipinski definition) is 4. The highest BCUT2D eigenvalue weighted by Gasteiger charge is 2.30. The zero-order valence-corrected chi connectivity index (χ0v) is 11.5. The second kappa shape index (κ2) is 6.51. The second-order valence-electron chi connectivity index (χ2n) is 4.97. The van der Waals surface area contributed by atoms with Gasteiger partial charge in [-0.3, -0.25) is 4.79 Å². The molecule has 0 radical (unpaired) electrons. The maximum absolute atomic E-state index is 12.4. The Labute approximate surface area is 118 Å². The number of carbonyl (C=O) groups excluding carboxylic acids is 1.